The average Bonchev–Trinajstić information content (AvgIpc) is 2.38. The molecule has 0 aromatic heterocycles. The number of nitrogens with one attached hydrogen (secondary N) is 2. The van der Waals surface area contributed by atoms with E-state index in [9.17, 15) is 4.79 Å². The zero-order valence-electron chi connectivity index (χ0n) is 9.95. The number of hydrogen-bond donors (Lipinski definition) is 2. The van der Waals surface area contributed by atoms with Crippen LogP contribution >= 0.6 is 0 Å². The number of carbonyl (C=O) groups is 1. The Labute approximate surface area is 100 Å². The van der Waals surface area contributed by atoms with E-state index in [0.29, 0.717) is 13.2 Å². The van der Waals surface area contributed by atoms with Gasteiger partial charge in [0.2, 0.25) is 0 Å². The summed E-state index contributed by atoms with van der Waals surface area (Å²) >= 11 is 0. The van der Waals surface area contributed by atoms with E-state index in [-0.39, 0.29) is 12.1 Å². The van der Waals surface area contributed by atoms with Crippen LogP contribution in [0.2, 0.25) is 0 Å². The van der Waals surface area contributed by atoms with Gasteiger partial charge in [0.25, 0.3) is 0 Å². The Kier molecular flexibility index (Phi) is 3.37. The molecule has 1 heterocycles. The van der Waals surface area contributed by atoms with Gasteiger partial charge in [-0.25, -0.2) is 4.79 Å². The Bertz CT molecular complexity index is 420. The van der Waals surface area contributed by atoms with E-state index in [0.717, 1.165) is 17.1 Å². The van der Waals surface area contributed by atoms with Crippen LogP contribution in [0, 0.1) is 0 Å². The number of fused-ring (bicyclic) bond motifs is 1. The third-order valence-electron chi connectivity index (χ3n) is 2.64. The van der Waals surface area contributed by atoms with Gasteiger partial charge in [-0.05, 0) is 24.6 Å². The van der Waals surface area contributed by atoms with E-state index >= 15 is 0 Å². The minimum atomic E-state index is -0.201. The summed E-state index contributed by atoms with van der Waals surface area (Å²) in [6, 6.07) is 5.41. The summed E-state index contributed by atoms with van der Waals surface area (Å²) in [5.41, 5.74) is 0.984. The SMILES string of the molecule is CNC(=O)NC(C)c1ccc2c(c1)OCCO2. The fraction of sp³-hybridized carbons (Fsp3) is 0.417. The number of rotatable bonds is 2. The topological polar surface area (TPSA) is 59.6 Å². The van der Waals surface area contributed by atoms with Crippen LogP contribution in [0.1, 0.15) is 18.5 Å². The first-order chi connectivity index (χ1) is 8.20. The third-order valence-corrected chi connectivity index (χ3v) is 2.64. The lowest BCUT2D eigenvalue weighted by atomic mass is 10.1. The highest BCUT2D eigenvalue weighted by Gasteiger charge is 2.15. The Morgan fingerprint density at radius 3 is 2.71 bits per heavy atom. The number of ether oxygens (including phenoxy) is 2. The van der Waals surface area contributed by atoms with Gasteiger partial charge in [-0.3, -0.25) is 0 Å². The Morgan fingerprint density at radius 1 is 1.29 bits per heavy atom. The molecule has 0 fully saturated rings. The number of carbonyl (C=O) groups excluding carboxylic acids is 1. The van der Waals surface area contributed by atoms with Gasteiger partial charge in [-0.1, -0.05) is 6.07 Å². The standard InChI is InChI=1S/C12H16N2O3/c1-8(14-12(15)13-2)9-3-4-10-11(7-9)17-6-5-16-10/h3-4,7-8H,5-6H2,1-2H3,(H2,13,14,15). The number of benzene rings is 1. The van der Waals surface area contributed by atoms with Crippen LogP contribution in [0.5, 0.6) is 11.5 Å². The van der Waals surface area contributed by atoms with Crippen LogP contribution in [0.15, 0.2) is 18.2 Å². The first-order valence-corrected chi connectivity index (χ1v) is 5.58. The van der Waals surface area contributed by atoms with Crippen molar-refractivity contribution >= 4 is 6.03 Å². The molecule has 2 amide bonds. The van der Waals surface area contributed by atoms with Crippen LogP contribution < -0.4 is 20.1 Å². The van der Waals surface area contributed by atoms with Crippen molar-refractivity contribution in [2.75, 3.05) is 20.3 Å². The first kappa shape index (κ1) is 11.6. The van der Waals surface area contributed by atoms with Crippen LogP contribution in [-0.2, 0) is 0 Å². The molecule has 0 saturated heterocycles. The Morgan fingerprint density at radius 2 is 2.00 bits per heavy atom. The molecule has 1 aromatic rings. The van der Waals surface area contributed by atoms with E-state index in [1.807, 2.05) is 25.1 Å². The summed E-state index contributed by atoms with van der Waals surface area (Å²) in [5.74, 6) is 1.49. The van der Waals surface area contributed by atoms with Gasteiger partial charge in [-0.15, -0.1) is 0 Å². The van der Waals surface area contributed by atoms with E-state index < -0.39 is 0 Å². The molecule has 0 spiro atoms. The zero-order chi connectivity index (χ0) is 12.3. The van der Waals surface area contributed by atoms with Crippen LogP contribution in [0.4, 0.5) is 4.79 Å². The molecule has 0 bridgehead atoms. The van der Waals surface area contributed by atoms with Crippen LogP contribution in [0.3, 0.4) is 0 Å². The minimum absolute atomic E-state index is 0.0780. The summed E-state index contributed by atoms with van der Waals surface area (Å²) in [5, 5.41) is 5.33. The summed E-state index contributed by atoms with van der Waals surface area (Å²) in [6.45, 7) is 3.06. The number of urea groups is 1. The van der Waals surface area contributed by atoms with Crippen molar-refractivity contribution in [2.45, 2.75) is 13.0 Å². The van der Waals surface area contributed by atoms with Crippen molar-refractivity contribution in [3.63, 3.8) is 0 Å². The maximum Gasteiger partial charge on any atom is 0.315 e. The third kappa shape index (κ3) is 2.61. The van der Waals surface area contributed by atoms with Crippen molar-refractivity contribution in [2.24, 2.45) is 0 Å². The van der Waals surface area contributed by atoms with Crippen molar-refractivity contribution < 1.29 is 14.3 Å². The fourth-order valence-corrected chi connectivity index (χ4v) is 1.68. The fourth-order valence-electron chi connectivity index (χ4n) is 1.68. The van der Waals surface area contributed by atoms with E-state index in [4.69, 9.17) is 9.47 Å². The minimum Gasteiger partial charge on any atom is -0.486 e. The second-order valence-electron chi connectivity index (χ2n) is 3.85. The average molecular weight is 236 g/mol. The smallest absolute Gasteiger partial charge is 0.315 e. The molecule has 0 saturated carbocycles. The molecule has 1 atom stereocenters. The second-order valence-corrected chi connectivity index (χ2v) is 3.85. The zero-order valence-corrected chi connectivity index (χ0v) is 9.95. The summed E-state index contributed by atoms with van der Waals surface area (Å²) < 4.78 is 10.9. The predicted octanol–water partition coefficient (Wildman–Crippen LogP) is 1.45. The summed E-state index contributed by atoms with van der Waals surface area (Å²) in [6.07, 6.45) is 0. The summed E-state index contributed by atoms with van der Waals surface area (Å²) in [4.78, 5) is 11.2. The molecule has 1 aromatic carbocycles. The molecular weight excluding hydrogens is 220 g/mol. The second kappa shape index (κ2) is 4.95. The van der Waals surface area contributed by atoms with Gasteiger partial charge in [0.15, 0.2) is 11.5 Å². The quantitative estimate of drug-likeness (QED) is 0.817. The number of amides is 2. The lowest BCUT2D eigenvalue weighted by Crippen LogP contribution is -2.34. The van der Waals surface area contributed by atoms with Gasteiger partial charge >= 0.3 is 6.03 Å². The highest BCUT2D eigenvalue weighted by molar-refractivity contribution is 5.74. The van der Waals surface area contributed by atoms with Gasteiger partial charge < -0.3 is 20.1 Å². The molecular formula is C12H16N2O3. The lowest BCUT2D eigenvalue weighted by molar-refractivity contribution is 0.171. The molecule has 0 radical (unpaired) electrons. The normalized spacial score (nSPS) is 14.9. The van der Waals surface area contributed by atoms with Crippen molar-refractivity contribution in [3.8, 4) is 11.5 Å². The van der Waals surface area contributed by atoms with Crippen molar-refractivity contribution in [1.29, 1.82) is 0 Å². The van der Waals surface area contributed by atoms with Gasteiger partial charge in [0, 0.05) is 7.05 Å². The van der Waals surface area contributed by atoms with E-state index in [1.165, 1.54) is 0 Å². The van der Waals surface area contributed by atoms with E-state index in [2.05, 4.69) is 10.6 Å². The highest BCUT2D eigenvalue weighted by Crippen LogP contribution is 2.32. The van der Waals surface area contributed by atoms with Gasteiger partial charge in [-0.2, -0.15) is 0 Å². The molecule has 2 rings (SSSR count). The van der Waals surface area contributed by atoms with E-state index in [1.54, 1.807) is 7.05 Å². The van der Waals surface area contributed by atoms with Gasteiger partial charge in [0.1, 0.15) is 13.2 Å². The molecule has 1 aliphatic heterocycles. The van der Waals surface area contributed by atoms with Gasteiger partial charge in [0.05, 0.1) is 6.04 Å². The number of hydrogen-bond acceptors (Lipinski definition) is 3. The highest BCUT2D eigenvalue weighted by atomic mass is 16.6. The van der Waals surface area contributed by atoms with Crippen LogP contribution in [0.25, 0.3) is 0 Å². The van der Waals surface area contributed by atoms with Crippen LogP contribution in [-0.4, -0.2) is 26.3 Å². The molecule has 92 valence electrons. The molecule has 0 aliphatic carbocycles. The molecule has 5 heteroatoms. The first-order valence-electron chi connectivity index (χ1n) is 5.58. The Balaban J connectivity index is 2.13. The molecule has 2 N–H and O–H groups in total. The van der Waals surface area contributed by atoms with Crippen molar-refractivity contribution in [1.82, 2.24) is 10.6 Å². The Hall–Kier alpha value is -1.91. The maximum absolute atomic E-state index is 11.2. The summed E-state index contributed by atoms with van der Waals surface area (Å²) in [7, 11) is 1.59. The molecule has 5 nitrogen and oxygen atoms in total. The predicted molar refractivity (Wildman–Crippen MR) is 63.4 cm³/mol. The molecule has 1 aliphatic rings. The molecule has 17 heavy (non-hydrogen) atoms. The largest absolute Gasteiger partial charge is 0.486 e. The lowest BCUT2D eigenvalue weighted by Gasteiger charge is -2.21. The molecule has 1 unspecified atom stereocenters. The maximum atomic E-state index is 11.2. The van der Waals surface area contributed by atoms with Crippen molar-refractivity contribution in [3.05, 3.63) is 23.8 Å². The monoisotopic (exact) mass is 236 g/mol.